The Morgan fingerprint density at radius 2 is 1.81 bits per heavy atom. The van der Waals surface area contributed by atoms with Crippen LogP contribution in [0.1, 0.15) is 40.2 Å². The van der Waals surface area contributed by atoms with E-state index in [-0.39, 0.29) is 10.8 Å². The SMILES string of the molecule is CC(C)=C1C(=O)Nc2ccc(S(=O)(=O)NC(C)(C)C)cc21. The quantitative estimate of drug-likeness (QED) is 0.824. The van der Waals surface area contributed by atoms with Crippen molar-refractivity contribution >= 4 is 27.2 Å². The Kier molecular flexibility index (Phi) is 3.71. The van der Waals surface area contributed by atoms with Crippen LogP contribution in [-0.2, 0) is 14.8 Å². The van der Waals surface area contributed by atoms with E-state index in [0.717, 1.165) is 5.57 Å². The molecule has 0 fully saturated rings. The molecule has 0 spiro atoms. The van der Waals surface area contributed by atoms with Gasteiger partial charge in [0.25, 0.3) is 5.91 Å². The number of benzene rings is 1. The summed E-state index contributed by atoms with van der Waals surface area (Å²) in [6.07, 6.45) is 0. The van der Waals surface area contributed by atoms with Crippen molar-refractivity contribution in [2.24, 2.45) is 0 Å². The van der Waals surface area contributed by atoms with Crippen molar-refractivity contribution < 1.29 is 13.2 Å². The van der Waals surface area contributed by atoms with Crippen LogP contribution in [0.15, 0.2) is 28.7 Å². The predicted octanol–water partition coefficient (Wildman–Crippen LogP) is 2.51. The van der Waals surface area contributed by atoms with E-state index in [0.29, 0.717) is 16.8 Å². The van der Waals surface area contributed by atoms with Crippen LogP contribution in [0.5, 0.6) is 0 Å². The zero-order valence-corrected chi connectivity index (χ0v) is 13.7. The highest BCUT2D eigenvalue weighted by atomic mass is 32.2. The van der Waals surface area contributed by atoms with Crippen molar-refractivity contribution in [3.63, 3.8) is 0 Å². The Morgan fingerprint density at radius 3 is 2.33 bits per heavy atom. The van der Waals surface area contributed by atoms with E-state index >= 15 is 0 Å². The summed E-state index contributed by atoms with van der Waals surface area (Å²) in [6, 6.07) is 4.67. The number of fused-ring (bicyclic) bond motifs is 1. The van der Waals surface area contributed by atoms with Gasteiger partial charge in [-0.1, -0.05) is 5.57 Å². The number of hydrogen-bond acceptors (Lipinski definition) is 3. The molecule has 1 aromatic carbocycles. The van der Waals surface area contributed by atoms with Gasteiger partial charge in [-0.15, -0.1) is 0 Å². The van der Waals surface area contributed by atoms with Gasteiger partial charge in [0.15, 0.2) is 0 Å². The molecular formula is C15H20N2O3S. The van der Waals surface area contributed by atoms with Crippen LogP contribution in [0.3, 0.4) is 0 Å². The second-order valence-electron chi connectivity index (χ2n) is 6.39. The highest BCUT2D eigenvalue weighted by molar-refractivity contribution is 7.89. The highest BCUT2D eigenvalue weighted by Crippen LogP contribution is 2.35. The summed E-state index contributed by atoms with van der Waals surface area (Å²) < 4.78 is 27.4. The van der Waals surface area contributed by atoms with Crippen molar-refractivity contribution in [2.75, 3.05) is 5.32 Å². The van der Waals surface area contributed by atoms with Crippen LogP contribution in [0.25, 0.3) is 5.57 Å². The summed E-state index contributed by atoms with van der Waals surface area (Å²) >= 11 is 0. The molecule has 2 rings (SSSR count). The summed E-state index contributed by atoms with van der Waals surface area (Å²) in [7, 11) is -3.62. The largest absolute Gasteiger partial charge is 0.321 e. The molecule has 0 atom stereocenters. The molecule has 114 valence electrons. The van der Waals surface area contributed by atoms with Gasteiger partial charge in [-0.05, 0) is 52.8 Å². The molecule has 0 radical (unpaired) electrons. The van der Waals surface area contributed by atoms with E-state index in [2.05, 4.69) is 10.0 Å². The number of sulfonamides is 1. The summed E-state index contributed by atoms with van der Waals surface area (Å²) in [6.45, 7) is 9.01. The lowest BCUT2D eigenvalue weighted by Crippen LogP contribution is -2.40. The Morgan fingerprint density at radius 1 is 1.19 bits per heavy atom. The van der Waals surface area contributed by atoms with E-state index in [9.17, 15) is 13.2 Å². The van der Waals surface area contributed by atoms with Crippen molar-refractivity contribution in [3.8, 4) is 0 Å². The first-order valence-electron chi connectivity index (χ1n) is 6.68. The second kappa shape index (κ2) is 4.96. The van der Waals surface area contributed by atoms with Crippen LogP contribution < -0.4 is 10.0 Å². The number of rotatable bonds is 2. The van der Waals surface area contributed by atoms with E-state index in [1.165, 1.54) is 6.07 Å². The molecule has 1 aliphatic heterocycles. The molecule has 2 N–H and O–H groups in total. The Bertz CT molecular complexity index is 737. The van der Waals surface area contributed by atoms with Gasteiger partial charge in [-0.2, -0.15) is 0 Å². The van der Waals surface area contributed by atoms with Crippen LogP contribution in [0.4, 0.5) is 5.69 Å². The number of anilines is 1. The number of carbonyl (C=O) groups excluding carboxylic acids is 1. The van der Waals surface area contributed by atoms with Crippen molar-refractivity contribution in [2.45, 2.75) is 45.1 Å². The van der Waals surface area contributed by atoms with Gasteiger partial charge in [0.05, 0.1) is 4.90 Å². The molecule has 0 saturated heterocycles. The number of hydrogen-bond donors (Lipinski definition) is 2. The third-order valence-corrected chi connectivity index (χ3v) is 4.74. The number of carbonyl (C=O) groups is 1. The molecular weight excluding hydrogens is 288 g/mol. The van der Waals surface area contributed by atoms with Crippen LogP contribution in [-0.4, -0.2) is 19.9 Å². The lowest BCUT2D eigenvalue weighted by atomic mass is 10.0. The van der Waals surface area contributed by atoms with Crippen LogP contribution >= 0.6 is 0 Å². The first-order valence-corrected chi connectivity index (χ1v) is 8.17. The zero-order valence-electron chi connectivity index (χ0n) is 12.9. The van der Waals surface area contributed by atoms with Crippen LogP contribution in [0.2, 0.25) is 0 Å². The molecule has 0 aliphatic carbocycles. The molecule has 0 unspecified atom stereocenters. The molecule has 1 heterocycles. The minimum absolute atomic E-state index is 0.159. The molecule has 1 amide bonds. The zero-order chi connectivity index (χ0) is 16.0. The molecule has 21 heavy (non-hydrogen) atoms. The normalized spacial score (nSPS) is 14.9. The topological polar surface area (TPSA) is 75.3 Å². The molecule has 6 heteroatoms. The summed E-state index contributed by atoms with van der Waals surface area (Å²) in [5.74, 6) is -0.191. The van der Waals surface area contributed by atoms with Gasteiger partial charge < -0.3 is 5.32 Å². The second-order valence-corrected chi connectivity index (χ2v) is 8.07. The van der Waals surface area contributed by atoms with Gasteiger partial charge in [0, 0.05) is 22.4 Å². The van der Waals surface area contributed by atoms with E-state index in [1.807, 2.05) is 13.8 Å². The fourth-order valence-corrected chi connectivity index (χ4v) is 3.72. The smallest absolute Gasteiger partial charge is 0.256 e. The van der Waals surface area contributed by atoms with E-state index < -0.39 is 15.6 Å². The highest BCUT2D eigenvalue weighted by Gasteiger charge is 2.28. The molecule has 0 bridgehead atoms. The van der Waals surface area contributed by atoms with E-state index in [4.69, 9.17) is 0 Å². The van der Waals surface area contributed by atoms with Gasteiger partial charge in [0.1, 0.15) is 0 Å². The average Bonchev–Trinajstić information content (AvgIpc) is 2.60. The molecule has 0 saturated carbocycles. The van der Waals surface area contributed by atoms with E-state index in [1.54, 1.807) is 32.9 Å². The summed E-state index contributed by atoms with van der Waals surface area (Å²) in [5.41, 5.74) is 2.11. The average molecular weight is 308 g/mol. The van der Waals surface area contributed by atoms with Crippen molar-refractivity contribution in [1.82, 2.24) is 4.72 Å². The maximum absolute atomic E-state index is 12.4. The fraction of sp³-hybridized carbons (Fsp3) is 0.400. The molecule has 1 aromatic rings. The Labute approximate surface area is 125 Å². The molecule has 5 nitrogen and oxygen atoms in total. The maximum Gasteiger partial charge on any atom is 0.256 e. The minimum Gasteiger partial charge on any atom is -0.321 e. The predicted molar refractivity (Wildman–Crippen MR) is 83.4 cm³/mol. The number of nitrogens with one attached hydrogen (secondary N) is 2. The van der Waals surface area contributed by atoms with Gasteiger partial charge in [-0.3, -0.25) is 4.79 Å². The Balaban J connectivity index is 2.54. The summed E-state index contributed by atoms with van der Waals surface area (Å²) in [4.78, 5) is 12.1. The Hall–Kier alpha value is -1.66. The van der Waals surface area contributed by atoms with Crippen LogP contribution in [0, 0.1) is 0 Å². The minimum atomic E-state index is -3.62. The van der Waals surface area contributed by atoms with Gasteiger partial charge in [0.2, 0.25) is 10.0 Å². The molecule has 0 aromatic heterocycles. The number of amides is 1. The molecule has 1 aliphatic rings. The number of allylic oxidation sites excluding steroid dienone is 1. The first-order chi connectivity index (χ1) is 9.51. The monoisotopic (exact) mass is 308 g/mol. The van der Waals surface area contributed by atoms with Crippen molar-refractivity contribution in [1.29, 1.82) is 0 Å². The standard InChI is InChI=1S/C15H20N2O3S/c1-9(2)13-11-8-10(6-7-12(11)16-14(13)18)21(19,20)17-15(3,4)5/h6-8,17H,1-5H3,(H,16,18). The third kappa shape index (κ3) is 3.16. The lowest BCUT2D eigenvalue weighted by molar-refractivity contribution is -0.110. The van der Waals surface area contributed by atoms with Gasteiger partial charge in [-0.25, -0.2) is 13.1 Å². The summed E-state index contributed by atoms with van der Waals surface area (Å²) in [5, 5.41) is 2.74. The fourth-order valence-electron chi connectivity index (χ4n) is 2.27. The van der Waals surface area contributed by atoms with Gasteiger partial charge >= 0.3 is 0 Å². The first kappa shape index (κ1) is 15.7. The van der Waals surface area contributed by atoms with Crippen molar-refractivity contribution in [3.05, 3.63) is 29.3 Å². The third-order valence-electron chi connectivity index (χ3n) is 2.99. The maximum atomic E-state index is 12.4. The lowest BCUT2D eigenvalue weighted by Gasteiger charge is -2.20.